The van der Waals surface area contributed by atoms with Gasteiger partial charge < -0.3 is 15.1 Å². The van der Waals surface area contributed by atoms with Crippen LogP contribution in [0.2, 0.25) is 0 Å². The summed E-state index contributed by atoms with van der Waals surface area (Å²) in [6.07, 6.45) is 5.56. The molecule has 1 N–H and O–H groups in total. The van der Waals surface area contributed by atoms with Gasteiger partial charge in [-0.05, 0) is 39.4 Å². The summed E-state index contributed by atoms with van der Waals surface area (Å²) in [6, 6.07) is 0.804. The van der Waals surface area contributed by atoms with E-state index in [0.29, 0.717) is 0 Å². The topological polar surface area (TPSA) is 18.5 Å². The van der Waals surface area contributed by atoms with Crippen molar-refractivity contribution < 1.29 is 0 Å². The highest BCUT2D eigenvalue weighted by Gasteiger charge is 2.16. The molecule has 0 aromatic carbocycles. The van der Waals surface area contributed by atoms with E-state index in [0.717, 1.165) is 6.04 Å². The minimum Gasteiger partial charge on any atom is -0.314 e. The second-order valence-corrected chi connectivity index (χ2v) is 5.08. The maximum Gasteiger partial charge on any atom is 0.0110 e. The van der Waals surface area contributed by atoms with E-state index in [1.807, 2.05) is 0 Å². The van der Waals surface area contributed by atoms with Crippen molar-refractivity contribution in [2.45, 2.75) is 31.7 Å². The first-order chi connectivity index (χ1) is 7.34. The second-order valence-electron chi connectivity index (χ2n) is 5.08. The SMILES string of the molecule is CN1CCN(CC[C@@H]2CCCCN2)CC1. The molecule has 88 valence electrons. The van der Waals surface area contributed by atoms with Crippen LogP contribution >= 0.6 is 0 Å². The largest absolute Gasteiger partial charge is 0.314 e. The second kappa shape index (κ2) is 5.83. The van der Waals surface area contributed by atoms with Gasteiger partial charge in [-0.1, -0.05) is 6.42 Å². The fraction of sp³-hybridized carbons (Fsp3) is 1.00. The average molecular weight is 211 g/mol. The Morgan fingerprint density at radius 3 is 2.60 bits per heavy atom. The Hall–Kier alpha value is -0.120. The highest BCUT2D eigenvalue weighted by Crippen LogP contribution is 2.11. The third-order valence-electron chi connectivity index (χ3n) is 3.80. The first-order valence-corrected chi connectivity index (χ1v) is 6.49. The van der Waals surface area contributed by atoms with Crippen LogP contribution < -0.4 is 5.32 Å². The van der Waals surface area contributed by atoms with Crippen LogP contribution in [-0.2, 0) is 0 Å². The normalized spacial score (nSPS) is 30.6. The minimum absolute atomic E-state index is 0.804. The lowest BCUT2D eigenvalue weighted by Gasteiger charge is -2.33. The predicted molar refractivity (Wildman–Crippen MR) is 64.2 cm³/mol. The number of rotatable bonds is 3. The number of hydrogen-bond acceptors (Lipinski definition) is 3. The summed E-state index contributed by atoms with van der Waals surface area (Å²) in [5, 5.41) is 3.63. The quantitative estimate of drug-likeness (QED) is 0.744. The van der Waals surface area contributed by atoms with Crippen LogP contribution in [0, 0.1) is 0 Å². The van der Waals surface area contributed by atoms with Crippen molar-refractivity contribution in [1.82, 2.24) is 15.1 Å². The van der Waals surface area contributed by atoms with Crippen molar-refractivity contribution in [2.75, 3.05) is 46.3 Å². The average Bonchev–Trinajstić information content (AvgIpc) is 2.30. The number of nitrogens with zero attached hydrogens (tertiary/aromatic N) is 2. The van der Waals surface area contributed by atoms with Crippen LogP contribution in [-0.4, -0.2) is 62.2 Å². The highest BCUT2D eigenvalue weighted by atomic mass is 15.2. The molecule has 2 heterocycles. The van der Waals surface area contributed by atoms with Crippen molar-refractivity contribution >= 4 is 0 Å². The van der Waals surface area contributed by atoms with E-state index >= 15 is 0 Å². The molecule has 2 rings (SSSR count). The fourth-order valence-corrected chi connectivity index (χ4v) is 2.58. The van der Waals surface area contributed by atoms with Crippen molar-refractivity contribution in [3.05, 3.63) is 0 Å². The molecular formula is C12H25N3. The summed E-state index contributed by atoms with van der Waals surface area (Å²) in [5.41, 5.74) is 0. The molecule has 3 nitrogen and oxygen atoms in total. The van der Waals surface area contributed by atoms with Crippen LogP contribution in [0.5, 0.6) is 0 Å². The molecule has 2 aliphatic heterocycles. The van der Waals surface area contributed by atoms with E-state index in [1.54, 1.807) is 0 Å². The van der Waals surface area contributed by atoms with Crippen LogP contribution in [0.4, 0.5) is 0 Å². The molecular weight excluding hydrogens is 186 g/mol. The smallest absolute Gasteiger partial charge is 0.0110 e. The fourth-order valence-electron chi connectivity index (χ4n) is 2.58. The molecule has 1 atom stereocenters. The number of likely N-dealkylation sites (N-methyl/N-ethyl adjacent to an activating group) is 1. The Kier molecular flexibility index (Phi) is 4.42. The summed E-state index contributed by atoms with van der Waals surface area (Å²) >= 11 is 0. The van der Waals surface area contributed by atoms with Crippen LogP contribution in [0.3, 0.4) is 0 Å². The Labute approximate surface area is 93.8 Å². The highest BCUT2D eigenvalue weighted by molar-refractivity contribution is 4.76. The zero-order valence-corrected chi connectivity index (χ0v) is 10.0. The molecule has 2 fully saturated rings. The molecule has 0 unspecified atom stereocenters. The van der Waals surface area contributed by atoms with Crippen molar-refractivity contribution in [1.29, 1.82) is 0 Å². The van der Waals surface area contributed by atoms with E-state index in [1.165, 1.54) is 65.0 Å². The van der Waals surface area contributed by atoms with E-state index in [4.69, 9.17) is 0 Å². The van der Waals surface area contributed by atoms with Crippen molar-refractivity contribution in [2.24, 2.45) is 0 Å². The lowest BCUT2D eigenvalue weighted by molar-refractivity contribution is 0.147. The van der Waals surface area contributed by atoms with E-state index in [2.05, 4.69) is 22.2 Å². The molecule has 15 heavy (non-hydrogen) atoms. The summed E-state index contributed by atoms with van der Waals surface area (Å²) < 4.78 is 0. The standard InChI is InChI=1S/C12H25N3/c1-14-8-10-15(11-9-14)7-5-12-4-2-3-6-13-12/h12-13H,2-11H2,1H3/t12-/m0/s1. The molecule has 2 saturated heterocycles. The van der Waals surface area contributed by atoms with Gasteiger partial charge in [-0.25, -0.2) is 0 Å². The van der Waals surface area contributed by atoms with Gasteiger partial charge in [0.2, 0.25) is 0 Å². The Bertz CT molecular complexity index is 170. The predicted octanol–water partition coefficient (Wildman–Crippen LogP) is 0.766. The first kappa shape index (κ1) is 11.4. The Morgan fingerprint density at radius 1 is 1.13 bits per heavy atom. The van der Waals surface area contributed by atoms with Crippen LogP contribution in [0.15, 0.2) is 0 Å². The third kappa shape index (κ3) is 3.74. The maximum absolute atomic E-state index is 3.63. The summed E-state index contributed by atoms with van der Waals surface area (Å²) in [6.45, 7) is 7.57. The van der Waals surface area contributed by atoms with Crippen molar-refractivity contribution in [3.8, 4) is 0 Å². The first-order valence-electron chi connectivity index (χ1n) is 6.49. The lowest BCUT2D eigenvalue weighted by atomic mass is 10.0. The van der Waals surface area contributed by atoms with Gasteiger partial charge in [0, 0.05) is 32.2 Å². The monoisotopic (exact) mass is 211 g/mol. The third-order valence-corrected chi connectivity index (χ3v) is 3.80. The Morgan fingerprint density at radius 2 is 1.93 bits per heavy atom. The maximum atomic E-state index is 3.63. The van der Waals surface area contributed by atoms with E-state index in [-0.39, 0.29) is 0 Å². The van der Waals surface area contributed by atoms with Gasteiger partial charge in [0.25, 0.3) is 0 Å². The zero-order valence-electron chi connectivity index (χ0n) is 10.0. The molecule has 0 aliphatic carbocycles. The summed E-state index contributed by atoms with van der Waals surface area (Å²) in [4.78, 5) is 5.05. The molecule has 0 spiro atoms. The molecule has 0 bridgehead atoms. The zero-order chi connectivity index (χ0) is 10.5. The van der Waals surface area contributed by atoms with Gasteiger partial charge in [-0.15, -0.1) is 0 Å². The molecule has 0 aromatic rings. The summed E-state index contributed by atoms with van der Waals surface area (Å²) in [5.74, 6) is 0. The van der Waals surface area contributed by atoms with Gasteiger partial charge in [-0.3, -0.25) is 0 Å². The van der Waals surface area contributed by atoms with Crippen LogP contribution in [0.1, 0.15) is 25.7 Å². The van der Waals surface area contributed by atoms with Gasteiger partial charge in [0.1, 0.15) is 0 Å². The van der Waals surface area contributed by atoms with Crippen molar-refractivity contribution in [3.63, 3.8) is 0 Å². The van der Waals surface area contributed by atoms with Gasteiger partial charge in [-0.2, -0.15) is 0 Å². The van der Waals surface area contributed by atoms with Crippen LogP contribution in [0.25, 0.3) is 0 Å². The molecule has 0 amide bonds. The van der Waals surface area contributed by atoms with Gasteiger partial charge >= 0.3 is 0 Å². The Balaban J connectivity index is 1.60. The molecule has 0 saturated carbocycles. The van der Waals surface area contributed by atoms with E-state index in [9.17, 15) is 0 Å². The van der Waals surface area contributed by atoms with Gasteiger partial charge in [0.15, 0.2) is 0 Å². The molecule has 0 aromatic heterocycles. The van der Waals surface area contributed by atoms with E-state index < -0.39 is 0 Å². The molecule has 0 radical (unpaired) electrons. The van der Waals surface area contributed by atoms with Gasteiger partial charge in [0.05, 0.1) is 0 Å². The number of hydrogen-bond donors (Lipinski definition) is 1. The number of piperazine rings is 1. The summed E-state index contributed by atoms with van der Waals surface area (Å²) in [7, 11) is 2.22. The number of piperidine rings is 1. The molecule has 2 aliphatic rings. The lowest BCUT2D eigenvalue weighted by Crippen LogP contribution is -2.46. The number of nitrogens with one attached hydrogen (secondary N) is 1. The minimum atomic E-state index is 0.804. The molecule has 3 heteroatoms.